The van der Waals surface area contributed by atoms with Crippen molar-refractivity contribution in [3.05, 3.63) is 60.2 Å². The molecule has 0 radical (unpaired) electrons. The summed E-state index contributed by atoms with van der Waals surface area (Å²) in [4.78, 5) is 29.2. The molecule has 1 saturated heterocycles. The van der Waals surface area contributed by atoms with Crippen LogP contribution in [0.15, 0.2) is 48.7 Å². The molecule has 0 bridgehead atoms. The number of rotatable bonds is 5. The number of fused-ring (bicyclic) bond motifs is 2. The maximum Gasteiger partial charge on any atom is 0.407 e. The molecule has 7 heteroatoms. The molecule has 2 heterocycles. The van der Waals surface area contributed by atoms with Crippen LogP contribution >= 0.6 is 0 Å². The number of carbonyl (C=O) groups excluding carboxylic acids is 2. The van der Waals surface area contributed by atoms with Gasteiger partial charge in [-0.15, -0.1) is 0 Å². The average molecular weight is 493 g/mol. The number of allylic oxidation sites excluding steroid dienone is 1. The quantitative estimate of drug-likeness (QED) is 0.548. The Morgan fingerprint density at radius 3 is 2.83 bits per heavy atom. The highest BCUT2D eigenvalue weighted by Crippen LogP contribution is 2.53. The van der Waals surface area contributed by atoms with E-state index in [-0.39, 0.29) is 47.8 Å². The highest BCUT2D eigenvalue weighted by atomic mass is 19.1. The van der Waals surface area contributed by atoms with Crippen molar-refractivity contribution in [2.45, 2.75) is 51.7 Å². The highest BCUT2D eigenvalue weighted by Gasteiger charge is 2.54. The van der Waals surface area contributed by atoms with Gasteiger partial charge in [-0.1, -0.05) is 24.3 Å². The van der Waals surface area contributed by atoms with Crippen molar-refractivity contribution in [2.24, 2.45) is 29.6 Å². The van der Waals surface area contributed by atoms with Crippen LogP contribution in [0.5, 0.6) is 0 Å². The molecule has 3 aliphatic rings. The summed E-state index contributed by atoms with van der Waals surface area (Å²) in [5.74, 6) is 0.629. The monoisotopic (exact) mass is 492 g/mol. The number of aromatic nitrogens is 1. The summed E-state index contributed by atoms with van der Waals surface area (Å²) in [7, 11) is 0. The van der Waals surface area contributed by atoms with Crippen LogP contribution in [0.25, 0.3) is 17.2 Å². The number of nitrogens with one attached hydrogen (secondary N) is 1. The largest absolute Gasteiger partial charge is 0.462 e. The van der Waals surface area contributed by atoms with E-state index < -0.39 is 0 Å². The fourth-order valence-corrected chi connectivity index (χ4v) is 6.64. The molecule has 5 rings (SSSR count). The van der Waals surface area contributed by atoms with E-state index in [0.29, 0.717) is 18.4 Å². The number of pyridine rings is 1. The minimum Gasteiger partial charge on any atom is -0.462 e. The van der Waals surface area contributed by atoms with Crippen molar-refractivity contribution in [1.82, 2.24) is 10.3 Å². The second-order valence-electron chi connectivity index (χ2n) is 10.3. The van der Waals surface area contributed by atoms with E-state index in [1.54, 1.807) is 19.2 Å². The van der Waals surface area contributed by atoms with E-state index in [2.05, 4.69) is 16.4 Å². The molecule has 2 aromatic rings. The first-order chi connectivity index (χ1) is 17.4. The summed E-state index contributed by atoms with van der Waals surface area (Å²) in [5.41, 5.74) is 2.48. The fraction of sp³-hybridized carbons (Fsp3) is 0.483. The van der Waals surface area contributed by atoms with Crippen molar-refractivity contribution in [3.63, 3.8) is 0 Å². The molecule has 6 nitrogen and oxygen atoms in total. The Bertz CT molecular complexity index is 1130. The lowest BCUT2D eigenvalue weighted by Crippen LogP contribution is -2.48. The van der Waals surface area contributed by atoms with Crippen molar-refractivity contribution in [2.75, 3.05) is 6.61 Å². The molecule has 1 aliphatic heterocycles. The van der Waals surface area contributed by atoms with Crippen LogP contribution in [-0.2, 0) is 14.3 Å². The van der Waals surface area contributed by atoms with E-state index >= 15 is 0 Å². The molecule has 1 aromatic heterocycles. The van der Waals surface area contributed by atoms with Gasteiger partial charge in [-0.2, -0.15) is 0 Å². The summed E-state index contributed by atoms with van der Waals surface area (Å²) >= 11 is 0. The van der Waals surface area contributed by atoms with Gasteiger partial charge in [-0.25, -0.2) is 9.18 Å². The first-order valence-electron chi connectivity index (χ1n) is 13.0. The number of hydrogen-bond acceptors (Lipinski definition) is 5. The standard InChI is InChI=1S/C29H33FN2O4/c1-3-35-29(34)32-23-10-11-24-20(14-23)15-26-27(17(2)36-28(26)33)25(24)12-9-22-8-7-19(16-31-22)18-5-4-6-21(30)13-18/h4-9,12-13,16-17,20,23-27H,3,10-11,14-15H2,1-2H3,(H,32,34)/b12-9+/t17-,20+,23+,24-,25-,26+,27+/m1/s1. The number of carbonyl (C=O) groups is 2. The Morgan fingerprint density at radius 1 is 1.22 bits per heavy atom. The average Bonchev–Trinajstić information content (AvgIpc) is 3.15. The van der Waals surface area contributed by atoms with Crippen LogP contribution in [0.4, 0.5) is 9.18 Å². The number of hydrogen-bond donors (Lipinski definition) is 1. The minimum atomic E-state index is -0.368. The summed E-state index contributed by atoms with van der Waals surface area (Å²) < 4.78 is 24.3. The third-order valence-electron chi connectivity index (χ3n) is 8.18. The van der Waals surface area contributed by atoms with E-state index in [0.717, 1.165) is 42.5 Å². The molecule has 1 N–H and O–H groups in total. The molecule has 1 aromatic carbocycles. The molecule has 36 heavy (non-hydrogen) atoms. The van der Waals surface area contributed by atoms with Gasteiger partial charge in [0.05, 0.1) is 18.2 Å². The number of nitrogens with zero attached hydrogens (tertiary/aromatic N) is 1. The molecule has 190 valence electrons. The summed E-state index contributed by atoms with van der Waals surface area (Å²) in [6, 6.07) is 10.4. The van der Waals surface area contributed by atoms with Crippen molar-refractivity contribution >= 4 is 18.1 Å². The van der Waals surface area contributed by atoms with E-state index in [1.807, 2.05) is 31.2 Å². The predicted molar refractivity (Wildman–Crippen MR) is 134 cm³/mol. The van der Waals surface area contributed by atoms with Gasteiger partial charge in [-0.05, 0) is 87.1 Å². The molecule has 1 amide bonds. The fourth-order valence-electron chi connectivity index (χ4n) is 6.64. The number of benzene rings is 1. The van der Waals surface area contributed by atoms with Crippen molar-refractivity contribution in [3.8, 4) is 11.1 Å². The molecular weight excluding hydrogens is 459 g/mol. The Hall–Kier alpha value is -3.22. The molecule has 0 spiro atoms. The van der Waals surface area contributed by atoms with Gasteiger partial charge < -0.3 is 14.8 Å². The SMILES string of the molecule is CCOC(=O)N[C@H]1CC[C@@H]2[C@@H](C1)C[C@@H]1C(=O)O[C@H](C)[C@H]1[C@@H]2/C=C/c1ccc(-c2cccc(F)c2)cn1. The Balaban J connectivity index is 1.34. The first kappa shape index (κ1) is 24.5. The minimum absolute atomic E-state index is 0.0679. The number of esters is 1. The molecule has 2 saturated carbocycles. The van der Waals surface area contributed by atoms with Gasteiger partial charge in [-0.3, -0.25) is 9.78 Å². The maximum absolute atomic E-state index is 13.6. The first-order valence-corrected chi connectivity index (χ1v) is 13.0. The normalized spacial score (nSPS) is 31.4. The van der Waals surface area contributed by atoms with Crippen LogP contribution in [0, 0.1) is 35.4 Å². The lowest BCUT2D eigenvalue weighted by atomic mass is 9.57. The van der Waals surface area contributed by atoms with Crippen LogP contribution < -0.4 is 5.32 Å². The molecule has 0 unspecified atom stereocenters. The predicted octanol–water partition coefficient (Wildman–Crippen LogP) is 5.63. The Labute approximate surface area is 211 Å². The number of alkyl carbamates (subject to hydrolysis) is 1. The second kappa shape index (κ2) is 10.4. The number of cyclic esters (lactones) is 1. The van der Waals surface area contributed by atoms with Crippen molar-refractivity contribution < 1.29 is 23.5 Å². The summed E-state index contributed by atoms with van der Waals surface area (Å²) in [5, 5.41) is 3.00. The molecular formula is C29H33FN2O4. The van der Waals surface area contributed by atoms with Crippen LogP contribution in [0.3, 0.4) is 0 Å². The Morgan fingerprint density at radius 2 is 2.08 bits per heavy atom. The number of halogens is 1. The van der Waals surface area contributed by atoms with Gasteiger partial charge in [0.1, 0.15) is 11.9 Å². The smallest absolute Gasteiger partial charge is 0.407 e. The molecule has 7 atom stereocenters. The third-order valence-corrected chi connectivity index (χ3v) is 8.18. The zero-order valence-corrected chi connectivity index (χ0v) is 20.7. The van der Waals surface area contributed by atoms with E-state index in [1.165, 1.54) is 12.1 Å². The van der Waals surface area contributed by atoms with Gasteiger partial charge in [0.2, 0.25) is 0 Å². The molecule has 2 aliphatic carbocycles. The topological polar surface area (TPSA) is 77.5 Å². The van der Waals surface area contributed by atoms with Gasteiger partial charge in [0.25, 0.3) is 0 Å². The van der Waals surface area contributed by atoms with Crippen LogP contribution in [-0.4, -0.2) is 35.8 Å². The zero-order valence-electron chi connectivity index (χ0n) is 20.7. The van der Waals surface area contributed by atoms with E-state index in [4.69, 9.17) is 9.47 Å². The van der Waals surface area contributed by atoms with Crippen molar-refractivity contribution in [1.29, 1.82) is 0 Å². The number of ether oxygens (including phenoxy) is 2. The van der Waals surface area contributed by atoms with Gasteiger partial charge in [0.15, 0.2) is 0 Å². The second-order valence-corrected chi connectivity index (χ2v) is 10.3. The zero-order chi connectivity index (χ0) is 25.2. The van der Waals surface area contributed by atoms with E-state index in [9.17, 15) is 14.0 Å². The highest BCUT2D eigenvalue weighted by molar-refractivity contribution is 5.75. The lowest BCUT2D eigenvalue weighted by Gasteiger charge is -2.47. The lowest BCUT2D eigenvalue weighted by molar-refractivity contribution is -0.144. The molecule has 3 fully saturated rings. The summed E-state index contributed by atoms with van der Waals surface area (Å²) in [6.45, 7) is 4.15. The Kier molecular flexibility index (Phi) is 7.08. The van der Waals surface area contributed by atoms with Crippen LogP contribution in [0.2, 0.25) is 0 Å². The van der Waals surface area contributed by atoms with Gasteiger partial charge >= 0.3 is 12.1 Å². The van der Waals surface area contributed by atoms with Crippen LogP contribution in [0.1, 0.15) is 45.2 Å². The summed E-state index contributed by atoms with van der Waals surface area (Å²) in [6.07, 6.45) is 9.07. The van der Waals surface area contributed by atoms with Gasteiger partial charge in [0, 0.05) is 23.7 Å². The number of amides is 1. The maximum atomic E-state index is 13.6. The third kappa shape index (κ3) is 5.01.